The monoisotopic (exact) mass is 271 g/mol. The van der Waals surface area contributed by atoms with Crippen LogP contribution in [-0.4, -0.2) is 69.0 Å². The maximum atomic E-state index is 11.7. The molecule has 2 aliphatic rings. The van der Waals surface area contributed by atoms with Gasteiger partial charge in [-0.2, -0.15) is 0 Å². The first kappa shape index (κ1) is 14.7. The van der Waals surface area contributed by atoms with Gasteiger partial charge in [-0.05, 0) is 19.4 Å². The van der Waals surface area contributed by atoms with Gasteiger partial charge in [0.1, 0.15) is 0 Å². The molecule has 1 amide bonds. The van der Waals surface area contributed by atoms with Crippen LogP contribution in [-0.2, 0) is 14.3 Å². The summed E-state index contributed by atoms with van der Waals surface area (Å²) in [6, 6.07) is 0.599. The van der Waals surface area contributed by atoms with Gasteiger partial charge in [-0.3, -0.25) is 9.69 Å². The second-order valence-corrected chi connectivity index (χ2v) is 5.35. The number of amides is 1. The van der Waals surface area contributed by atoms with Crippen molar-refractivity contribution in [2.75, 3.05) is 39.9 Å². The smallest absolute Gasteiger partial charge is 0.222 e. The molecule has 6 nitrogen and oxygen atoms in total. The molecule has 19 heavy (non-hydrogen) atoms. The minimum Gasteiger partial charge on any atom is -0.380 e. The van der Waals surface area contributed by atoms with E-state index in [4.69, 9.17) is 15.2 Å². The van der Waals surface area contributed by atoms with Crippen molar-refractivity contribution in [1.82, 2.24) is 10.2 Å². The van der Waals surface area contributed by atoms with Gasteiger partial charge in [-0.1, -0.05) is 0 Å². The molecule has 0 aliphatic carbocycles. The summed E-state index contributed by atoms with van der Waals surface area (Å²) in [6.45, 7) is 3.82. The highest BCUT2D eigenvalue weighted by molar-refractivity contribution is 5.76. The Bertz CT molecular complexity index is 297. The fourth-order valence-electron chi connectivity index (χ4n) is 2.78. The van der Waals surface area contributed by atoms with Crippen molar-refractivity contribution in [1.29, 1.82) is 0 Å². The van der Waals surface area contributed by atoms with E-state index in [0.29, 0.717) is 25.6 Å². The normalized spacial score (nSPS) is 28.9. The molecule has 2 fully saturated rings. The van der Waals surface area contributed by atoms with E-state index in [1.165, 1.54) is 12.8 Å². The van der Waals surface area contributed by atoms with Gasteiger partial charge < -0.3 is 20.5 Å². The quantitative estimate of drug-likeness (QED) is 0.670. The van der Waals surface area contributed by atoms with Crippen LogP contribution in [0.1, 0.15) is 19.3 Å². The van der Waals surface area contributed by atoms with E-state index >= 15 is 0 Å². The lowest BCUT2D eigenvalue weighted by Crippen LogP contribution is -2.50. The van der Waals surface area contributed by atoms with E-state index in [2.05, 4.69) is 10.2 Å². The number of carbonyl (C=O) groups is 1. The summed E-state index contributed by atoms with van der Waals surface area (Å²) in [5.41, 5.74) is 5.49. The van der Waals surface area contributed by atoms with Crippen LogP contribution in [0.5, 0.6) is 0 Å². The lowest BCUT2D eigenvalue weighted by Gasteiger charge is -2.35. The maximum absolute atomic E-state index is 11.7. The third-order valence-corrected chi connectivity index (χ3v) is 4.00. The highest BCUT2D eigenvalue weighted by Gasteiger charge is 2.32. The van der Waals surface area contributed by atoms with Gasteiger partial charge >= 0.3 is 0 Å². The molecule has 0 aromatic rings. The van der Waals surface area contributed by atoms with Gasteiger partial charge in [0.05, 0.1) is 25.2 Å². The van der Waals surface area contributed by atoms with Crippen molar-refractivity contribution in [2.24, 2.45) is 5.73 Å². The first-order chi connectivity index (χ1) is 9.22. The second kappa shape index (κ2) is 7.19. The SMILES string of the molecule is COC(CN)CC(=O)NCC1CN2CCCC2CO1. The van der Waals surface area contributed by atoms with Gasteiger partial charge in [0.25, 0.3) is 0 Å². The number of carbonyl (C=O) groups excluding carboxylic acids is 1. The molecule has 2 saturated heterocycles. The number of methoxy groups -OCH3 is 1. The Balaban J connectivity index is 1.66. The Kier molecular flexibility index (Phi) is 5.57. The van der Waals surface area contributed by atoms with Crippen molar-refractivity contribution in [3.8, 4) is 0 Å². The predicted octanol–water partition coefficient (Wildman–Crippen LogP) is -0.670. The molecule has 2 aliphatic heterocycles. The van der Waals surface area contributed by atoms with Gasteiger partial charge in [0.2, 0.25) is 5.91 Å². The fourth-order valence-corrected chi connectivity index (χ4v) is 2.78. The van der Waals surface area contributed by atoms with Crippen molar-refractivity contribution >= 4 is 5.91 Å². The molecular weight excluding hydrogens is 246 g/mol. The molecule has 0 aromatic heterocycles. The predicted molar refractivity (Wildman–Crippen MR) is 71.8 cm³/mol. The number of ether oxygens (including phenoxy) is 2. The second-order valence-electron chi connectivity index (χ2n) is 5.35. The summed E-state index contributed by atoms with van der Waals surface area (Å²) in [4.78, 5) is 14.2. The highest BCUT2D eigenvalue weighted by atomic mass is 16.5. The average Bonchev–Trinajstić information content (AvgIpc) is 2.89. The molecule has 3 unspecified atom stereocenters. The van der Waals surface area contributed by atoms with Gasteiger partial charge in [-0.15, -0.1) is 0 Å². The topological polar surface area (TPSA) is 76.8 Å². The molecule has 2 rings (SSSR count). The standard InChI is InChI=1S/C13H25N3O3/c1-18-11(6-14)5-13(17)15-7-12-8-16-4-2-3-10(16)9-19-12/h10-12H,2-9,14H2,1H3,(H,15,17). The molecule has 0 spiro atoms. The zero-order chi connectivity index (χ0) is 13.7. The van der Waals surface area contributed by atoms with E-state index in [9.17, 15) is 4.79 Å². The summed E-state index contributed by atoms with van der Waals surface area (Å²) in [5.74, 6) is -0.0237. The van der Waals surface area contributed by atoms with Crippen LogP contribution in [0, 0.1) is 0 Å². The Labute approximate surface area is 114 Å². The molecule has 2 heterocycles. The van der Waals surface area contributed by atoms with Gasteiger partial charge in [-0.25, -0.2) is 0 Å². The van der Waals surface area contributed by atoms with Crippen molar-refractivity contribution < 1.29 is 14.3 Å². The number of nitrogens with zero attached hydrogens (tertiary/aromatic N) is 1. The molecule has 3 atom stereocenters. The first-order valence-corrected chi connectivity index (χ1v) is 7.08. The number of hydrogen-bond donors (Lipinski definition) is 2. The highest BCUT2D eigenvalue weighted by Crippen LogP contribution is 2.22. The minimum atomic E-state index is -0.199. The van der Waals surface area contributed by atoms with Crippen molar-refractivity contribution in [3.63, 3.8) is 0 Å². The Hall–Kier alpha value is -0.690. The number of nitrogens with two attached hydrogens (primary N) is 1. The van der Waals surface area contributed by atoms with Crippen molar-refractivity contribution in [2.45, 2.75) is 37.5 Å². The molecule has 6 heteroatoms. The fraction of sp³-hybridized carbons (Fsp3) is 0.923. The van der Waals surface area contributed by atoms with Crippen LogP contribution < -0.4 is 11.1 Å². The summed E-state index contributed by atoms with van der Waals surface area (Å²) in [7, 11) is 1.57. The van der Waals surface area contributed by atoms with E-state index in [1.54, 1.807) is 7.11 Å². The number of rotatable bonds is 6. The molecule has 110 valence electrons. The summed E-state index contributed by atoms with van der Waals surface area (Å²) in [6.07, 6.45) is 2.73. The van der Waals surface area contributed by atoms with Crippen LogP contribution >= 0.6 is 0 Å². The van der Waals surface area contributed by atoms with E-state index in [1.807, 2.05) is 0 Å². The van der Waals surface area contributed by atoms with Gasteiger partial charge in [0, 0.05) is 32.8 Å². The molecule has 0 radical (unpaired) electrons. The van der Waals surface area contributed by atoms with E-state index in [0.717, 1.165) is 19.7 Å². The van der Waals surface area contributed by atoms with Crippen LogP contribution in [0.2, 0.25) is 0 Å². The Morgan fingerprint density at radius 3 is 3.21 bits per heavy atom. The van der Waals surface area contributed by atoms with E-state index < -0.39 is 0 Å². The lowest BCUT2D eigenvalue weighted by atomic mass is 10.2. The number of fused-ring (bicyclic) bond motifs is 1. The van der Waals surface area contributed by atoms with E-state index in [-0.39, 0.29) is 18.1 Å². The zero-order valence-electron chi connectivity index (χ0n) is 11.6. The molecule has 3 N–H and O–H groups in total. The summed E-state index contributed by atoms with van der Waals surface area (Å²) >= 11 is 0. The third-order valence-electron chi connectivity index (χ3n) is 4.00. The van der Waals surface area contributed by atoms with Crippen LogP contribution in [0.4, 0.5) is 0 Å². The van der Waals surface area contributed by atoms with Crippen LogP contribution in [0.15, 0.2) is 0 Å². The molecular formula is C13H25N3O3. The van der Waals surface area contributed by atoms with Crippen molar-refractivity contribution in [3.05, 3.63) is 0 Å². The Morgan fingerprint density at radius 1 is 1.63 bits per heavy atom. The van der Waals surface area contributed by atoms with Crippen LogP contribution in [0.25, 0.3) is 0 Å². The Morgan fingerprint density at radius 2 is 2.47 bits per heavy atom. The average molecular weight is 271 g/mol. The minimum absolute atomic E-state index is 0.0237. The maximum Gasteiger partial charge on any atom is 0.222 e. The summed E-state index contributed by atoms with van der Waals surface area (Å²) < 4.78 is 10.9. The summed E-state index contributed by atoms with van der Waals surface area (Å²) in [5, 5.41) is 2.91. The third kappa shape index (κ3) is 4.14. The molecule has 0 saturated carbocycles. The van der Waals surface area contributed by atoms with Gasteiger partial charge in [0.15, 0.2) is 0 Å². The van der Waals surface area contributed by atoms with Crippen LogP contribution in [0.3, 0.4) is 0 Å². The first-order valence-electron chi connectivity index (χ1n) is 7.08. The lowest BCUT2D eigenvalue weighted by molar-refractivity contribution is -0.124. The zero-order valence-corrected chi connectivity index (χ0v) is 11.6. The molecule has 0 aromatic carbocycles. The number of morpholine rings is 1. The number of nitrogens with one attached hydrogen (secondary N) is 1. The number of hydrogen-bond acceptors (Lipinski definition) is 5. The largest absolute Gasteiger partial charge is 0.380 e. The molecule has 0 bridgehead atoms.